The van der Waals surface area contributed by atoms with Crippen LogP contribution in [-0.2, 0) is 19.2 Å². The largest absolute Gasteiger partial charge is 0.480 e. The Bertz CT molecular complexity index is 625. The van der Waals surface area contributed by atoms with Crippen molar-refractivity contribution in [1.29, 1.82) is 0 Å². The Hall–Kier alpha value is -1.81. The SMILES string of the molecule is CCC(C)C(NC(=O)C(CCSC)NC(=O)C(NC(=O)C1CCCN1)C(C)C)C(=O)O. The van der Waals surface area contributed by atoms with Gasteiger partial charge in [-0.2, -0.15) is 11.8 Å². The molecule has 1 rings (SSSR count). The molecule has 0 saturated carbocycles. The van der Waals surface area contributed by atoms with Gasteiger partial charge in [-0.3, -0.25) is 14.4 Å². The molecule has 0 aromatic carbocycles. The number of carbonyl (C=O) groups is 4. The van der Waals surface area contributed by atoms with Crippen molar-refractivity contribution in [2.75, 3.05) is 18.6 Å². The van der Waals surface area contributed by atoms with Crippen molar-refractivity contribution in [2.24, 2.45) is 11.8 Å². The third-order valence-electron chi connectivity index (χ3n) is 5.64. The van der Waals surface area contributed by atoms with Gasteiger partial charge in [0.25, 0.3) is 0 Å². The molecule has 1 saturated heterocycles. The van der Waals surface area contributed by atoms with E-state index in [9.17, 15) is 24.3 Å². The third kappa shape index (κ3) is 8.68. The normalized spacial score (nSPS) is 19.9. The van der Waals surface area contributed by atoms with E-state index in [1.54, 1.807) is 6.92 Å². The zero-order chi connectivity index (χ0) is 23.6. The van der Waals surface area contributed by atoms with Gasteiger partial charge in [0.1, 0.15) is 18.1 Å². The van der Waals surface area contributed by atoms with Crippen molar-refractivity contribution >= 4 is 35.5 Å². The van der Waals surface area contributed by atoms with Crippen molar-refractivity contribution in [3.05, 3.63) is 0 Å². The van der Waals surface area contributed by atoms with Crippen LogP contribution in [0.3, 0.4) is 0 Å². The maximum absolute atomic E-state index is 13.0. The van der Waals surface area contributed by atoms with Crippen LogP contribution in [0.2, 0.25) is 0 Å². The summed E-state index contributed by atoms with van der Waals surface area (Å²) in [6, 6.07) is -3.00. The van der Waals surface area contributed by atoms with Crippen molar-refractivity contribution < 1.29 is 24.3 Å². The van der Waals surface area contributed by atoms with Crippen LogP contribution in [0.15, 0.2) is 0 Å². The van der Waals surface area contributed by atoms with Gasteiger partial charge in [0.05, 0.1) is 6.04 Å². The van der Waals surface area contributed by atoms with Gasteiger partial charge >= 0.3 is 5.97 Å². The molecule has 31 heavy (non-hydrogen) atoms. The second-order valence-corrected chi connectivity index (χ2v) is 9.42. The third-order valence-corrected chi connectivity index (χ3v) is 6.29. The maximum Gasteiger partial charge on any atom is 0.326 e. The standard InChI is InChI=1S/C21H38N4O5S/c1-6-13(4)17(21(29)30)25-19(27)15(9-11-31-5)23-20(28)16(12(2)3)24-18(26)14-8-7-10-22-14/h12-17,22H,6-11H2,1-5H3,(H,23,28)(H,24,26)(H,25,27)(H,29,30). The smallest absolute Gasteiger partial charge is 0.326 e. The van der Waals surface area contributed by atoms with Crippen LogP contribution >= 0.6 is 11.8 Å². The zero-order valence-electron chi connectivity index (χ0n) is 19.2. The van der Waals surface area contributed by atoms with E-state index in [0.29, 0.717) is 18.6 Å². The van der Waals surface area contributed by atoms with Crippen molar-refractivity contribution in [1.82, 2.24) is 21.3 Å². The molecule has 9 nitrogen and oxygen atoms in total. The molecule has 5 unspecified atom stereocenters. The van der Waals surface area contributed by atoms with E-state index in [4.69, 9.17) is 0 Å². The first-order valence-electron chi connectivity index (χ1n) is 11.0. The Labute approximate surface area is 189 Å². The Balaban J connectivity index is 2.88. The average molecular weight is 459 g/mol. The zero-order valence-corrected chi connectivity index (χ0v) is 20.0. The first-order chi connectivity index (χ1) is 14.6. The number of rotatable bonds is 13. The molecule has 0 spiro atoms. The summed E-state index contributed by atoms with van der Waals surface area (Å²) in [7, 11) is 0. The molecule has 3 amide bonds. The van der Waals surface area contributed by atoms with Crippen molar-refractivity contribution in [3.63, 3.8) is 0 Å². The van der Waals surface area contributed by atoms with Gasteiger partial charge in [-0.1, -0.05) is 34.1 Å². The van der Waals surface area contributed by atoms with Crippen LogP contribution in [0, 0.1) is 11.8 Å². The highest BCUT2D eigenvalue weighted by atomic mass is 32.2. The molecule has 10 heteroatoms. The molecule has 5 atom stereocenters. The van der Waals surface area contributed by atoms with Crippen molar-refractivity contribution in [2.45, 2.75) is 77.5 Å². The molecule has 0 aromatic heterocycles. The van der Waals surface area contributed by atoms with E-state index in [0.717, 1.165) is 19.4 Å². The summed E-state index contributed by atoms with van der Waals surface area (Å²) >= 11 is 1.53. The fourth-order valence-electron chi connectivity index (χ4n) is 3.40. The van der Waals surface area contributed by atoms with Gasteiger partial charge < -0.3 is 26.4 Å². The minimum Gasteiger partial charge on any atom is -0.480 e. The lowest BCUT2D eigenvalue weighted by Crippen LogP contribution is -2.58. The fraction of sp³-hybridized carbons (Fsp3) is 0.810. The highest BCUT2D eigenvalue weighted by Crippen LogP contribution is 2.11. The van der Waals surface area contributed by atoms with Gasteiger partial charge in [-0.15, -0.1) is 0 Å². The molecule has 0 radical (unpaired) electrons. The molecule has 0 aliphatic carbocycles. The van der Waals surface area contributed by atoms with Gasteiger partial charge in [0.15, 0.2) is 0 Å². The van der Waals surface area contributed by atoms with E-state index < -0.39 is 35.9 Å². The predicted molar refractivity (Wildman–Crippen MR) is 122 cm³/mol. The number of thioether (sulfide) groups is 1. The first-order valence-corrected chi connectivity index (χ1v) is 12.4. The molecule has 0 bridgehead atoms. The first kappa shape index (κ1) is 27.2. The average Bonchev–Trinajstić information content (AvgIpc) is 3.26. The van der Waals surface area contributed by atoms with E-state index in [-0.39, 0.29) is 23.8 Å². The Morgan fingerprint density at radius 2 is 1.74 bits per heavy atom. The van der Waals surface area contributed by atoms with E-state index in [2.05, 4.69) is 21.3 Å². The quantitative estimate of drug-likeness (QED) is 0.274. The lowest BCUT2D eigenvalue weighted by molar-refractivity contribution is -0.144. The number of hydrogen-bond acceptors (Lipinski definition) is 6. The fourth-order valence-corrected chi connectivity index (χ4v) is 3.87. The summed E-state index contributed by atoms with van der Waals surface area (Å²) in [5, 5.41) is 20.7. The summed E-state index contributed by atoms with van der Waals surface area (Å²) in [4.78, 5) is 49.9. The Morgan fingerprint density at radius 1 is 1.06 bits per heavy atom. The van der Waals surface area contributed by atoms with Crippen LogP contribution < -0.4 is 21.3 Å². The number of hydrogen-bond donors (Lipinski definition) is 5. The molecule has 0 aromatic rings. The topological polar surface area (TPSA) is 137 Å². The lowest BCUT2D eigenvalue weighted by atomic mass is 9.98. The van der Waals surface area contributed by atoms with Gasteiger partial charge in [-0.25, -0.2) is 4.79 Å². The highest BCUT2D eigenvalue weighted by Gasteiger charge is 2.33. The van der Waals surface area contributed by atoms with Crippen LogP contribution in [0.1, 0.15) is 53.4 Å². The summed E-state index contributed by atoms with van der Waals surface area (Å²) in [6.45, 7) is 8.04. The van der Waals surface area contributed by atoms with Crippen LogP contribution in [0.25, 0.3) is 0 Å². The molecule has 1 aliphatic heterocycles. The molecule has 178 valence electrons. The van der Waals surface area contributed by atoms with Gasteiger partial charge in [0.2, 0.25) is 17.7 Å². The molecular formula is C21H38N4O5S. The van der Waals surface area contributed by atoms with E-state index in [1.807, 2.05) is 27.0 Å². The second-order valence-electron chi connectivity index (χ2n) is 8.43. The predicted octanol–water partition coefficient (Wildman–Crippen LogP) is 0.733. The molecular weight excluding hydrogens is 420 g/mol. The van der Waals surface area contributed by atoms with Crippen LogP contribution in [0.4, 0.5) is 0 Å². The maximum atomic E-state index is 13.0. The highest BCUT2D eigenvalue weighted by molar-refractivity contribution is 7.98. The monoisotopic (exact) mass is 458 g/mol. The summed E-state index contributed by atoms with van der Waals surface area (Å²) in [6.07, 6.45) is 4.48. The number of nitrogens with one attached hydrogen (secondary N) is 4. The van der Waals surface area contributed by atoms with E-state index in [1.165, 1.54) is 11.8 Å². The minimum absolute atomic E-state index is 0.179. The summed E-state index contributed by atoms with van der Waals surface area (Å²) < 4.78 is 0. The summed E-state index contributed by atoms with van der Waals surface area (Å²) in [5.41, 5.74) is 0. The number of aliphatic carboxylic acids is 1. The van der Waals surface area contributed by atoms with Crippen LogP contribution in [0.5, 0.6) is 0 Å². The minimum atomic E-state index is -1.10. The summed E-state index contributed by atoms with van der Waals surface area (Å²) in [5.74, 6) is -2.11. The molecule has 5 N–H and O–H groups in total. The molecule has 1 fully saturated rings. The second kappa shape index (κ2) is 13.6. The van der Waals surface area contributed by atoms with E-state index >= 15 is 0 Å². The van der Waals surface area contributed by atoms with Gasteiger partial charge in [-0.05, 0) is 49.7 Å². The molecule has 1 heterocycles. The Morgan fingerprint density at radius 3 is 2.23 bits per heavy atom. The van der Waals surface area contributed by atoms with Gasteiger partial charge in [0, 0.05) is 0 Å². The number of carboxylic acids is 1. The number of carboxylic acid groups (broad SMARTS) is 1. The number of carbonyl (C=O) groups excluding carboxylic acids is 3. The molecule has 1 aliphatic rings. The van der Waals surface area contributed by atoms with Crippen LogP contribution in [-0.4, -0.2) is 71.5 Å². The Kier molecular flexibility index (Phi) is 11.9. The number of amides is 3. The lowest BCUT2D eigenvalue weighted by Gasteiger charge is -2.27. The van der Waals surface area contributed by atoms with Crippen molar-refractivity contribution in [3.8, 4) is 0 Å².